The molecule has 1 aliphatic heterocycles. The van der Waals surface area contributed by atoms with Gasteiger partial charge in [-0.2, -0.15) is 13.2 Å². The Morgan fingerprint density at radius 2 is 1.74 bits per heavy atom. The van der Waals surface area contributed by atoms with Crippen LogP contribution in [0.3, 0.4) is 0 Å². The first-order chi connectivity index (χ1) is 17.5. The van der Waals surface area contributed by atoms with Crippen molar-refractivity contribution in [1.29, 1.82) is 0 Å². The monoisotopic (exact) mass is 575 g/mol. The molecule has 1 unspecified atom stereocenters. The third kappa shape index (κ3) is 7.15. The van der Waals surface area contributed by atoms with E-state index in [0.717, 1.165) is 16.6 Å². The first-order valence-electron chi connectivity index (χ1n) is 11.1. The van der Waals surface area contributed by atoms with Crippen LogP contribution in [0.15, 0.2) is 60.7 Å². The van der Waals surface area contributed by atoms with Gasteiger partial charge in [0.2, 0.25) is 0 Å². The van der Waals surface area contributed by atoms with Crippen molar-refractivity contribution in [1.82, 2.24) is 4.42 Å². The predicted octanol–water partition coefficient (Wildman–Crippen LogP) is 2.61. The summed E-state index contributed by atoms with van der Waals surface area (Å²) in [6.07, 6.45) is -3.86. The van der Waals surface area contributed by atoms with E-state index in [0.29, 0.717) is 22.6 Å². The Morgan fingerprint density at radius 1 is 1.08 bits per heavy atom. The van der Waals surface area contributed by atoms with Gasteiger partial charge in [0.1, 0.15) is 17.2 Å². The second kappa shape index (κ2) is 12.6. The topological polar surface area (TPSA) is 78.9 Å². The number of halogens is 5. The van der Waals surface area contributed by atoms with Crippen molar-refractivity contribution >= 4 is 35.3 Å². The number of fused-ring (bicyclic) bond motifs is 1. The van der Waals surface area contributed by atoms with Crippen molar-refractivity contribution in [2.45, 2.75) is 24.9 Å². The summed E-state index contributed by atoms with van der Waals surface area (Å²) < 4.78 is 50.4. The molecule has 38 heavy (non-hydrogen) atoms. The van der Waals surface area contributed by atoms with E-state index in [4.69, 9.17) is 32.9 Å². The van der Waals surface area contributed by atoms with E-state index >= 15 is 0 Å². The maximum atomic E-state index is 12.7. The number of alkyl halides is 3. The number of carbonyl (C=O) groups excluding carboxylic acids is 2. The summed E-state index contributed by atoms with van der Waals surface area (Å²) in [5.74, 6) is -1.57. The quantitative estimate of drug-likeness (QED) is 0.320. The molecule has 0 aliphatic carbocycles. The van der Waals surface area contributed by atoms with Gasteiger partial charge in [-0.1, -0.05) is 23.7 Å². The van der Waals surface area contributed by atoms with Crippen molar-refractivity contribution in [3.8, 4) is 17.2 Å². The van der Waals surface area contributed by atoms with Gasteiger partial charge in [0.05, 0.1) is 17.2 Å². The molecular formula is C26H19Cl2F3NNaO5. The molecule has 3 aromatic rings. The van der Waals surface area contributed by atoms with Crippen LogP contribution < -0.4 is 44.1 Å². The third-order valence-corrected chi connectivity index (χ3v) is 6.43. The molecule has 194 valence electrons. The van der Waals surface area contributed by atoms with Gasteiger partial charge in [-0.25, -0.2) is 0 Å². The van der Waals surface area contributed by atoms with E-state index in [1.165, 1.54) is 48.5 Å². The molecule has 0 bridgehead atoms. The van der Waals surface area contributed by atoms with Crippen molar-refractivity contribution in [3.05, 3.63) is 87.9 Å². The van der Waals surface area contributed by atoms with Crippen LogP contribution in [0.25, 0.3) is 0 Å². The third-order valence-electron chi connectivity index (χ3n) is 5.82. The molecule has 6 nitrogen and oxygen atoms in total. The van der Waals surface area contributed by atoms with Gasteiger partial charge in [-0.3, -0.25) is 9.21 Å². The minimum Gasteiger partial charge on any atom is -0.549 e. The minimum absolute atomic E-state index is 0. The van der Waals surface area contributed by atoms with Crippen LogP contribution in [0.4, 0.5) is 13.2 Å². The van der Waals surface area contributed by atoms with Crippen LogP contribution in [0.5, 0.6) is 17.2 Å². The Morgan fingerprint density at radius 3 is 2.34 bits per heavy atom. The number of nitrogens with zero attached hydrogens (tertiary/aromatic N) is 1. The Balaban J connectivity index is 0.00000400. The van der Waals surface area contributed by atoms with E-state index < -0.39 is 29.5 Å². The molecule has 0 fully saturated rings. The van der Waals surface area contributed by atoms with E-state index in [1.54, 1.807) is 0 Å². The van der Waals surface area contributed by atoms with Gasteiger partial charge < -0.3 is 19.4 Å². The van der Waals surface area contributed by atoms with Gasteiger partial charge in [-0.15, -0.1) is 0 Å². The second-order valence-electron chi connectivity index (χ2n) is 8.29. The van der Waals surface area contributed by atoms with E-state index in [1.807, 2.05) is 0 Å². The van der Waals surface area contributed by atoms with Gasteiger partial charge >= 0.3 is 35.7 Å². The molecule has 1 atom stereocenters. The number of carbonyl (C=O) groups is 2. The summed E-state index contributed by atoms with van der Waals surface area (Å²) in [4.78, 5) is 24.0. The Hall–Kier alpha value is -2.43. The van der Waals surface area contributed by atoms with Crippen LogP contribution in [0.1, 0.15) is 39.4 Å². The molecule has 0 N–H and O–H groups in total. The summed E-state index contributed by atoms with van der Waals surface area (Å²) in [7, 11) is 0. The molecule has 12 heteroatoms. The summed E-state index contributed by atoms with van der Waals surface area (Å²) in [5, 5.41) is 11.6. The molecule has 1 heterocycles. The number of amides is 1. The molecule has 0 saturated carbocycles. The minimum atomic E-state index is -4.41. The maximum Gasteiger partial charge on any atom is 1.00 e. The average molecular weight is 576 g/mol. The Labute approximate surface area is 248 Å². The number of carboxylic acids is 1. The summed E-state index contributed by atoms with van der Waals surface area (Å²) in [6, 6.07) is 13.7. The van der Waals surface area contributed by atoms with E-state index in [-0.39, 0.29) is 71.9 Å². The molecule has 0 aromatic heterocycles. The summed E-state index contributed by atoms with van der Waals surface area (Å²) >= 11 is 12.4. The molecule has 3 aromatic carbocycles. The first kappa shape index (κ1) is 30.1. The number of aliphatic carboxylic acids is 1. The molecule has 1 amide bonds. The molecule has 1 aliphatic rings. The van der Waals surface area contributed by atoms with Crippen LogP contribution >= 0.6 is 23.4 Å². The number of hydrogen-bond acceptors (Lipinski definition) is 5. The fourth-order valence-electron chi connectivity index (χ4n) is 3.83. The van der Waals surface area contributed by atoms with Crippen molar-refractivity contribution in [2.24, 2.45) is 0 Å². The van der Waals surface area contributed by atoms with E-state index in [9.17, 15) is 27.9 Å². The first-order valence-corrected chi connectivity index (χ1v) is 11.8. The average Bonchev–Trinajstić information content (AvgIpc) is 2.87. The Bertz CT molecular complexity index is 1300. The number of carboxylic acid groups (broad SMARTS) is 1. The standard InChI is InChI=1S/C26H20Cl2F3NO5.Na/c27-21-13-20-19(25(34)35)10-12-36-22(20)14-23(21)37-18-7-3-16(4-8-18)24(33)32(28)11-9-15-1-5-17(6-2-15)26(29,30)31;/h1-8,13-14,19H,9-12H2,(H,34,35);/q;+1/p-1. The fraction of sp³-hybridized carbons (Fsp3) is 0.231. The largest absolute Gasteiger partial charge is 1.00 e. The molecule has 0 saturated heterocycles. The van der Waals surface area contributed by atoms with Crippen LogP contribution in [0, 0.1) is 0 Å². The SMILES string of the molecule is O=C([O-])C1CCOc2cc(Oc3ccc(C(=O)N(Cl)CCc4ccc(C(F)(F)F)cc4)cc3)c(Cl)cc21.[Na+]. The normalized spacial score (nSPS) is 14.5. The van der Waals surface area contributed by atoms with Gasteiger partial charge in [0.25, 0.3) is 5.91 Å². The van der Waals surface area contributed by atoms with Crippen molar-refractivity contribution < 1.29 is 66.9 Å². The van der Waals surface area contributed by atoms with Crippen LogP contribution in [-0.4, -0.2) is 29.4 Å². The molecular weight excluding hydrogens is 557 g/mol. The van der Waals surface area contributed by atoms with Gasteiger partial charge in [0.15, 0.2) is 0 Å². The van der Waals surface area contributed by atoms with Crippen molar-refractivity contribution in [3.63, 3.8) is 0 Å². The van der Waals surface area contributed by atoms with Crippen LogP contribution in [0.2, 0.25) is 5.02 Å². The number of benzene rings is 3. The number of rotatable bonds is 7. The van der Waals surface area contributed by atoms with Crippen LogP contribution in [-0.2, 0) is 17.4 Å². The van der Waals surface area contributed by atoms with Gasteiger partial charge in [0, 0.05) is 47.4 Å². The molecule has 0 spiro atoms. The van der Waals surface area contributed by atoms with Gasteiger partial charge in [-0.05, 0) is 60.9 Å². The second-order valence-corrected chi connectivity index (χ2v) is 9.11. The zero-order valence-electron chi connectivity index (χ0n) is 20.1. The number of hydrogen-bond donors (Lipinski definition) is 0. The number of ether oxygens (including phenoxy) is 2. The van der Waals surface area contributed by atoms with E-state index in [2.05, 4.69) is 0 Å². The fourth-order valence-corrected chi connectivity index (χ4v) is 4.23. The summed E-state index contributed by atoms with van der Waals surface area (Å²) in [5.41, 5.74) is 0.546. The zero-order chi connectivity index (χ0) is 26.7. The maximum absolute atomic E-state index is 12.7. The zero-order valence-corrected chi connectivity index (χ0v) is 23.6. The molecule has 4 rings (SSSR count). The predicted molar refractivity (Wildman–Crippen MR) is 128 cm³/mol. The Kier molecular flexibility index (Phi) is 10.00. The smallest absolute Gasteiger partial charge is 0.549 e. The van der Waals surface area contributed by atoms with Crippen molar-refractivity contribution in [2.75, 3.05) is 13.2 Å². The summed E-state index contributed by atoms with van der Waals surface area (Å²) in [6.45, 7) is 0.304. The molecule has 0 radical (unpaired) electrons.